The van der Waals surface area contributed by atoms with Gasteiger partial charge < -0.3 is 15.4 Å². The van der Waals surface area contributed by atoms with Crippen molar-refractivity contribution in [1.29, 1.82) is 0 Å². The third kappa shape index (κ3) is 5.10. The quantitative estimate of drug-likeness (QED) is 0.596. The molecule has 0 amide bonds. The first-order chi connectivity index (χ1) is 13.3. The Hall–Kier alpha value is -2.86. The second kappa shape index (κ2) is 8.44. The van der Waals surface area contributed by atoms with E-state index in [1.54, 1.807) is 7.11 Å². The van der Waals surface area contributed by atoms with E-state index in [4.69, 9.17) is 16.3 Å². The van der Waals surface area contributed by atoms with Gasteiger partial charge in [0.1, 0.15) is 5.75 Å². The van der Waals surface area contributed by atoms with Gasteiger partial charge in [0.2, 0.25) is 17.2 Å². The molecular formula is C21H24ClN5O. The molecule has 0 fully saturated rings. The first-order valence-electron chi connectivity index (χ1n) is 9.00. The predicted molar refractivity (Wildman–Crippen MR) is 114 cm³/mol. The van der Waals surface area contributed by atoms with Crippen molar-refractivity contribution in [3.8, 4) is 5.75 Å². The number of hydrogen-bond donors (Lipinski definition) is 2. The highest BCUT2D eigenvalue weighted by Gasteiger charge is 2.13. The van der Waals surface area contributed by atoms with E-state index in [9.17, 15) is 0 Å². The molecule has 0 saturated heterocycles. The predicted octanol–water partition coefficient (Wildman–Crippen LogP) is 5.19. The highest BCUT2D eigenvalue weighted by molar-refractivity contribution is 6.28. The average molecular weight is 398 g/mol. The fourth-order valence-electron chi connectivity index (χ4n) is 2.69. The normalized spacial score (nSPS) is 11.2. The summed E-state index contributed by atoms with van der Waals surface area (Å²) in [5.41, 5.74) is 3.23. The second-order valence-corrected chi connectivity index (χ2v) is 7.71. The Bertz CT molecular complexity index is 938. The highest BCUT2D eigenvalue weighted by Crippen LogP contribution is 2.25. The Morgan fingerprint density at radius 2 is 1.61 bits per heavy atom. The summed E-state index contributed by atoms with van der Waals surface area (Å²) < 4.78 is 5.36. The number of rotatable bonds is 6. The van der Waals surface area contributed by atoms with Crippen LogP contribution in [0.4, 0.5) is 17.6 Å². The minimum absolute atomic E-state index is 0.102. The van der Waals surface area contributed by atoms with Crippen molar-refractivity contribution in [1.82, 2.24) is 15.0 Å². The van der Waals surface area contributed by atoms with Crippen LogP contribution in [0.15, 0.2) is 48.5 Å². The first-order valence-corrected chi connectivity index (χ1v) is 9.38. The van der Waals surface area contributed by atoms with Crippen LogP contribution < -0.4 is 15.4 Å². The Morgan fingerprint density at radius 1 is 0.929 bits per heavy atom. The molecule has 146 valence electrons. The summed E-state index contributed by atoms with van der Waals surface area (Å²) in [5.74, 6) is 1.57. The van der Waals surface area contributed by atoms with Gasteiger partial charge in [-0.25, -0.2) is 0 Å². The van der Waals surface area contributed by atoms with E-state index in [-0.39, 0.29) is 10.7 Å². The summed E-state index contributed by atoms with van der Waals surface area (Å²) in [6.45, 7) is 7.05. The average Bonchev–Trinajstić information content (AvgIpc) is 2.66. The van der Waals surface area contributed by atoms with Crippen molar-refractivity contribution < 1.29 is 4.74 Å². The third-order valence-electron chi connectivity index (χ3n) is 4.24. The van der Waals surface area contributed by atoms with Crippen molar-refractivity contribution in [2.45, 2.75) is 32.7 Å². The molecule has 3 rings (SSSR count). The van der Waals surface area contributed by atoms with Gasteiger partial charge in [0.15, 0.2) is 0 Å². The Labute approximate surface area is 170 Å². The minimum atomic E-state index is 0.102. The molecule has 3 aromatic rings. The Balaban J connectivity index is 1.72. The van der Waals surface area contributed by atoms with E-state index in [1.807, 2.05) is 36.4 Å². The van der Waals surface area contributed by atoms with Gasteiger partial charge >= 0.3 is 0 Å². The topological polar surface area (TPSA) is 72.0 Å². The number of nitrogens with zero attached hydrogens (tertiary/aromatic N) is 3. The van der Waals surface area contributed by atoms with Crippen molar-refractivity contribution >= 4 is 29.2 Å². The number of halogens is 1. The second-order valence-electron chi connectivity index (χ2n) is 7.37. The van der Waals surface area contributed by atoms with Crippen LogP contribution in [0.25, 0.3) is 0 Å². The zero-order valence-corrected chi connectivity index (χ0v) is 17.2. The van der Waals surface area contributed by atoms with Crippen LogP contribution in [0.2, 0.25) is 5.28 Å². The van der Waals surface area contributed by atoms with Crippen LogP contribution in [0.5, 0.6) is 5.75 Å². The molecule has 28 heavy (non-hydrogen) atoms. The maximum atomic E-state index is 6.07. The van der Waals surface area contributed by atoms with E-state index in [1.165, 1.54) is 5.56 Å². The molecule has 0 saturated carbocycles. The van der Waals surface area contributed by atoms with Gasteiger partial charge in [-0.2, -0.15) is 15.0 Å². The molecule has 0 aliphatic heterocycles. The lowest BCUT2D eigenvalue weighted by molar-refractivity contribution is 0.410. The molecule has 0 radical (unpaired) electrons. The van der Waals surface area contributed by atoms with Crippen LogP contribution >= 0.6 is 11.6 Å². The van der Waals surface area contributed by atoms with Gasteiger partial charge in [0.05, 0.1) is 7.11 Å². The van der Waals surface area contributed by atoms with Gasteiger partial charge in [-0.05, 0) is 40.8 Å². The summed E-state index contributed by atoms with van der Waals surface area (Å²) in [6.07, 6.45) is 0. The van der Waals surface area contributed by atoms with Crippen molar-refractivity contribution in [2.75, 3.05) is 17.7 Å². The number of para-hydroxylation sites is 1. The Morgan fingerprint density at radius 3 is 2.29 bits per heavy atom. The molecule has 2 N–H and O–H groups in total. The van der Waals surface area contributed by atoms with Gasteiger partial charge in [-0.3, -0.25) is 0 Å². The molecule has 1 aromatic heterocycles. The molecule has 0 unspecified atom stereocenters. The number of methoxy groups -OCH3 is 1. The number of nitrogens with one attached hydrogen (secondary N) is 2. The summed E-state index contributed by atoms with van der Waals surface area (Å²) in [5, 5.41) is 6.46. The van der Waals surface area contributed by atoms with E-state index in [2.05, 4.69) is 58.5 Å². The fraction of sp³-hybridized carbons (Fsp3) is 0.286. The molecule has 0 bridgehead atoms. The molecule has 7 heteroatoms. The van der Waals surface area contributed by atoms with Crippen LogP contribution in [0.3, 0.4) is 0 Å². The third-order valence-corrected chi connectivity index (χ3v) is 4.41. The summed E-state index contributed by atoms with van der Waals surface area (Å²) >= 11 is 6.07. The van der Waals surface area contributed by atoms with Gasteiger partial charge in [0, 0.05) is 17.8 Å². The number of anilines is 3. The smallest absolute Gasteiger partial charge is 0.233 e. The molecule has 1 heterocycles. The Kier molecular flexibility index (Phi) is 5.99. The standard InChI is InChI=1S/C21H24ClN5O/c1-21(2,3)15-9-11-16(12-10-15)24-20-26-18(22)25-19(27-20)23-13-14-7-5-6-8-17(14)28-4/h5-12H,13H2,1-4H3,(H2,23,24,25,26,27). The molecule has 2 aromatic carbocycles. The van der Waals surface area contributed by atoms with Crippen LogP contribution in [0.1, 0.15) is 31.9 Å². The van der Waals surface area contributed by atoms with Gasteiger partial charge in [-0.1, -0.05) is 51.1 Å². The number of aromatic nitrogens is 3. The highest BCUT2D eigenvalue weighted by atomic mass is 35.5. The lowest BCUT2D eigenvalue weighted by Crippen LogP contribution is -2.11. The SMILES string of the molecule is COc1ccccc1CNc1nc(Cl)nc(Nc2ccc(C(C)(C)C)cc2)n1. The first kappa shape index (κ1) is 19.9. The van der Waals surface area contributed by atoms with Crippen LogP contribution in [-0.4, -0.2) is 22.1 Å². The maximum Gasteiger partial charge on any atom is 0.233 e. The van der Waals surface area contributed by atoms with E-state index in [0.29, 0.717) is 18.4 Å². The molecule has 6 nitrogen and oxygen atoms in total. The molecule has 0 atom stereocenters. The molecule has 0 spiro atoms. The summed E-state index contributed by atoms with van der Waals surface area (Å²) in [4.78, 5) is 12.7. The maximum absolute atomic E-state index is 6.07. The monoisotopic (exact) mass is 397 g/mol. The van der Waals surface area contributed by atoms with Crippen molar-refractivity contribution in [2.24, 2.45) is 0 Å². The van der Waals surface area contributed by atoms with E-state index >= 15 is 0 Å². The van der Waals surface area contributed by atoms with E-state index < -0.39 is 0 Å². The zero-order chi connectivity index (χ0) is 20.1. The summed E-state index contributed by atoms with van der Waals surface area (Å²) in [6, 6.07) is 15.9. The largest absolute Gasteiger partial charge is 0.496 e. The molecule has 0 aliphatic carbocycles. The van der Waals surface area contributed by atoms with E-state index in [0.717, 1.165) is 17.0 Å². The fourth-order valence-corrected chi connectivity index (χ4v) is 2.85. The van der Waals surface area contributed by atoms with Crippen molar-refractivity contribution in [3.05, 3.63) is 64.9 Å². The van der Waals surface area contributed by atoms with Crippen molar-refractivity contribution in [3.63, 3.8) is 0 Å². The minimum Gasteiger partial charge on any atom is -0.496 e. The molecular weight excluding hydrogens is 374 g/mol. The van der Waals surface area contributed by atoms with Crippen LogP contribution in [-0.2, 0) is 12.0 Å². The number of benzene rings is 2. The lowest BCUT2D eigenvalue weighted by Gasteiger charge is -2.19. The zero-order valence-electron chi connectivity index (χ0n) is 16.5. The number of hydrogen-bond acceptors (Lipinski definition) is 6. The number of ether oxygens (including phenoxy) is 1. The van der Waals surface area contributed by atoms with Gasteiger partial charge in [0.25, 0.3) is 0 Å². The lowest BCUT2D eigenvalue weighted by atomic mass is 9.87. The van der Waals surface area contributed by atoms with Crippen LogP contribution in [0, 0.1) is 0 Å². The van der Waals surface area contributed by atoms with Gasteiger partial charge in [-0.15, -0.1) is 0 Å². The molecule has 0 aliphatic rings. The summed E-state index contributed by atoms with van der Waals surface area (Å²) in [7, 11) is 1.64.